The quantitative estimate of drug-likeness (QED) is 0.318. The van der Waals surface area contributed by atoms with Crippen LogP contribution in [0.2, 0.25) is 0 Å². The highest BCUT2D eigenvalue weighted by molar-refractivity contribution is 7.19. The molecule has 3 aromatic heterocycles. The summed E-state index contributed by atoms with van der Waals surface area (Å²) in [7, 11) is 0. The largest absolute Gasteiger partial charge is 0.432 e. The summed E-state index contributed by atoms with van der Waals surface area (Å²) in [6, 6.07) is 8.42. The summed E-state index contributed by atoms with van der Waals surface area (Å²) in [5.74, 6) is 0.553. The predicted molar refractivity (Wildman–Crippen MR) is 141 cm³/mol. The van der Waals surface area contributed by atoms with Crippen LogP contribution in [0.5, 0.6) is 0 Å². The normalized spacial score (nSPS) is 18.3. The van der Waals surface area contributed by atoms with Crippen molar-refractivity contribution in [1.82, 2.24) is 24.8 Å². The van der Waals surface area contributed by atoms with Crippen LogP contribution in [0.15, 0.2) is 30.3 Å². The highest BCUT2D eigenvalue weighted by atomic mass is 32.1. The van der Waals surface area contributed by atoms with Crippen molar-refractivity contribution in [2.24, 2.45) is 0 Å². The van der Waals surface area contributed by atoms with Crippen molar-refractivity contribution in [2.75, 3.05) is 63.9 Å². The second-order valence-electron chi connectivity index (χ2n) is 9.98. The number of halogens is 6. The molecule has 2 saturated heterocycles. The molecule has 14 heteroatoms. The zero-order valence-electron chi connectivity index (χ0n) is 21.3. The van der Waals surface area contributed by atoms with Gasteiger partial charge in [-0.15, -0.1) is 11.3 Å². The number of hydrogen-bond donors (Lipinski definition) is 1. The molecule has 1 aromatic carbocycles. The number of piperazine rings is 1. The molecule has 2 aliphatic heterocycles. The molecule has 0 aliphatic carbocycles. The van der Waals surface area contributed by atoms with E-state index in [1.807, 2.05) is 11.0 Å². The number of aromatic amines is 1. The Morgan fingerprint density at radius 1 is 0.900 bits per heavy atom. The Balaban J connectivity index is 1.37. The molecular weight excluding hydrogens is 558 g/mol. The van der Waals surface area contributed by atoms with Gasteiger partial charge in [0, 0.05) is 61.6 Å². The first-order chi connectivity index (χ1) is 19.0. The van der Waals surface area contributed by atoms with Gasteiger partial charge in [-0.2, -0.15) is 26.3 Å². The first kappa shape index (κ1) is 27.2. The average Bonchev–Trinajstić information content (AvgIpc) is 3.50. The number of fused-ring (bicyclic) bond motifs is 2. The molecule has 0 unspecified atom stereocenters. The Morgan fingerprint density at radius 2 is 1.60 bits per heavy atom. The predicted octanol–water partition coefficient (Wildman–Crippen LogP) is 5.37. The van der Waals surface area contributed by atoms with Crippen LogP contribution in [-0.2, 0) is 17.5 Å². The van der Waals surface area contributed by atoms with Gasteiger partial charge in [0.1, 0.15) is 5.69 Å². The molecule has 7 nitrogen and oxygen atoms in total. The SMILES string of the molecule is FC(F)(F)CN1CCN(Cc2cc3nc(-c4c(C(F)(F)F)[nH]c5ccccc45)nc(N4CCOCC4)c3s2)CC1. The third-order valence-corrected chi connectivity index (χ3v) is 8.28. The fourth-order valence-corrected chi connectivity index (χ4v) is 6.46. The molecule has 6 rings (SSSR count). The Bertz CT molecular complexity index is 1500. The number of morpholine rings is 1. The Hall–Kier alpha value is -2.94. The molecule has 0 atom stereocenters. The fourth-order valence-electron chi connectivity index (χ4n) is 5.31. The van der Waals surface area contributed by atoms with Crippen LogP contribution in [0.3, 0.4) is 0 Å². The third-order valence-electron chi connectivity index (χ3n) is 7.18. The van der Waals surface area contributed by atoms with E-state index in [0.29, 0.717) is 81.3 Å². The van der Waals surface area contributed by atoms with E-state index in [4.69, 9.17) is 9.72 Å². The number of hydrogen-bond acceptors (Lipinski definition) is 7. The standard InChI is InChI=1S/C26H26F6N6OS/c27-25(28,29)15-37-7-5-36(6-8-37)14-16-13-19-21(40-16)24(38-9-11-39-12-10-38)35-23(34-19)20-17-3-1-2-4-18(17)33-22(20)26(30,31)32/h1-4,13,33H,5-12,14-15H2. The molecule has 2 fully saturated rings. The maximum absolute atomic E-state index is 14.1. The van der Waals surface area contributed by atoms with Crippen molar-refractivity contribution < 1.29 is 31.1 Å². The number of para-hydroxylation sites is 1. The van der Waals surface area contributed by atoms with Crippen molar-refractivity contribution in [1.29, 1.82) is 0 Å². The zero-order valence-corrected chi connectivity index (χ0v) is 22.1. The molecular formula is C26H26F6N6OS. The van der Waals surface area contributed by atoms with Crippen LogP contribution in [0.1, 0.15) is 10.6 Å². The summed E-state index contributed by atoms with van der Waals surface area (Å²) >= 11 is 1.47. The summed E-state index contributed by atoms with van der Waals surface area (Å²) in [6.45, 7) is 3.23. The maximum Gasteiger partial charge on any atom is 0.432 e. The van der Waals surface area contributed by atoms with Crippen molar-refractivity contribution in [3.8, 4) is 11.4 Å². The van der Waals surface area contributed by atoms with Gasteiger partial charge in [-0.3, -0.25) is 9.80 Å². The highest BCUT2D eigenvalue weighted by Crippen LogP contribution is 2.42. The molecule has 0 bridgehead atoms. The molecule has 0 amide bonds. The van der Waals surface area contributed by atoms with E-state index in [1.165, 1.54) is 16.2 Å². The van der Waals surface area contributed by atoms with Crippen LogP contribution < -0.4 is 4.90 Å². The van der Waals surface area contributed by atoms with Gasteiger partial charge in [0.15, 0.2) is 11.6 Å². The number of aromatic nitrogens is 3. The first-order valence-electron chi connectivity index (χ1n) is 12.9. The average molecular weight is 585 g/mol. The van der Waals surface area contributed by atoms with Crippen LogP contribution in [0.25, 0.3) is 32.5 Å². The van der Waals surface area contributed by atoms with E-state index in [-0.39, 0.29) is 11.4 Å². The van der Waals surface area contributed by atoms with Gasteiger partial charge in [-0.25, -0.2) is 9.97 Å². The van der Waals surface area contributed by atoms with Crippen molar-refractivity contribution in [3.05, 3.63) is 40.9 Å². The van der Waals surface area contributed by atoms with Gasteiger partial charge >= 0.3 is 12.4 Å². The number of nitrogens with zero attached hydrogens (tertiary/aromatic N) is 5. The number of H-pyrrole nitrogens is 1. The van der Waals surface area contributed by atoms with Crippen molar-refractivity contribution in [3.63, 3.8) is 0 Å². The lowest BCUT2D eigenvalue weighted by atomic mass is 10.1. The molecule has 0 saturated carbocycles. The van der Waals surface area contributed by atoms with Gasteiger partial charge in [-0.05, 0) is 12.1 Å². The minimum absolute atomic E-state index is 0.0103. The molecule has 0 radical (unpaired) electrons. The van der Waals surface area contributed by atoms with Gasteiger partial charge in [0.25, 0.3) is 0 Å². The minimum Gasteiger partial charge on any atom is -0.378 e. The van der Waals surface area contributed by atoms with E-state index < -0.39 is 24.6 Å². The highest BCUT2D eigenvalue weighted by Gasteiger charge is 2.38. The molecule has 40 heavy (non-hydrogen) atoms. The molecule has 1 N–H and O–H groups in total. The molecule has 5 heterocycles. The van der Waals surface area contributed by atoms with Gasteiger partial charge in [-0.1, -0.05) is 18.2 Å². The van der Waals surface area contributed by atoms with Crippen molar-refractivity contribution >= 4 is 38.3 Å². The van der Waals surface area contributed by atoms with Gasteiger partial charge < -0.3 is 14.6 Å². The van der Waals surface area contributed by atoms with Gasteiger partial charge in [0.05, 0.1) is 35.5 Å². The van der Waals surface area contributed by atoms with E-state index in [1.54, 1.807) is 24.3 Å². The summed E-state index contributed by atoms with van der Waals surface area (Å²) < 4.78 is 87.0. The number of ether oxygens (including phenoxy) is 1. The van der Waals surface area contributed by atoms with Crippen LogP contribution in [0, 0.1) is 0 Å². The zero-order chi connectivity index (χ0) is 28.1. The van der Waals surface area contributed by atoms with E-state index in [9.17, 15) is 26.3 Å². The topological polar surface area (TPSA) is 60.5 Å². The number of alkyl halides is 6. The first-order valence-corrected chi connectivity index (χ1v) is 13.7. The lowest BCUT2D eigenvalue weighted by Crippen LogP contribution is -2.48. The number of anilines is 1. The lowest BCUT2D eigenvalue weighted by molar-refractivity contribution is -0.149. The van der Waals surface area contributed by atoms with E-state index >= 15 is 0 Å². The lowest BCUT2D eigenvalue weighted by Gasteiger charge is -2.34. The van der Waals surface area contributed by atoms with E-state index in [0.717, 1.165) is 9.58 Å². The van der Waals surface area contributed by atoms with Crippen LogP contribution >= 0.6 is 11.3 Å². The monoisotopic (exact) mass is 584 g/mol. The number of rotatable bonds is 5. The Kier molecular flexibility index (Phi) is 7.13. The molecule has 214 valence electrons. The summed E-state index contributed by atoms with van der Waals surface area (Å²) in [5, 5.41) is 0.384. The third kappa shape index (κ3) is 5.62. The second-order valence-corrected chi connectivity index (χ2v) is 11.1. The summed E-state index contributed by atoms with van der Waals surface area (Å²) in [4.78, 5) is 18.3. The summed E-state index contributed by atoms with van der Waals surface area (Å²) in [6.07, 6.45) is -8.86. The number of nitrogens with one attached hydrogen (secondary N) is 1. The Labute approximate surface area is 229 Å². The Morgan fingerprint density at radius 3 is 2.30 bits per heavy atom. The number of thiophene rings is 1. The van der Waals surface area contributed by atoms with Crippen LogP contribution in [0.4, 0.5) is 32.2 Å². The fraction of sp³-hybridized carbons (Fsp3) is 0.462. The number of benzene rings is 1. The molecule has 0 spiro atoms. The van der Waals surface area contributed by atoms with E-state index in [2.05, 4.69) is 14.9 Å². The van der Waals surface area contributed by atoms with Crippen molar-refractivity contribution in [2.45, 2.75) is 18.9 Å². The van der Waals surface area contributed by atoms with Crippen LogP contribution in [-0.4, -0.2) is 90.0 Å². The molecule has 2 aliphatic rings. The molecule has 4 aromatic rings. The maximum atomic E-state index is 14.1. The van der Waals surface area contributed by atoms with Gasteiger partial charge in [0.2, 0.25) is 0 Å². The second kappa shape index (κ2) is 10.5. The smallest absolute Gasteiger partial charge is 0.378 e. The minimum atomic E-state index is -4.64. The summed E-state index contributed by atoms with van der Waals surface area (Å²) in [5.41, 5.74) is -0.0982.